The maximum atomic E-state index is 13.0. The molecule has 3 aromatic rings. The Morgan fingerprint density at radius 3 is 1.84 bits per heavy atom. The molecule has 156 valence electrons. The Balaban J connectivity index is 1.87. The Bertz CT molecular complexity index is 1020. The lowest BCUT2D eigenvalue weighted by Crippen LogP contribution is -2.30. The molecule has 0 bridgehead atoms. The van der Waals surface area contributed by atoms with Gasteiger partial charge in [0, 0.05) is 11.9 Å². The zero-order chi connectivity index (χ0) is 22.1. The second kappa shape index (κ2) is 10.8. The van der Waals surface area contributed by atoms with E-state index in [-0.39, 0.29) is 11.6 Å². The van der Waals surface area contributed by atoms with Crippen LogP contribution in [0, 0.1) is 11.3 Å². The first kappa shape index (κ1) is 21.9. The molecule has 4 nitrogen and oxygen atoms in total. The fraction of sp³-hybridized carbons (Fsp3) is 0.185. The van der Waals surface area contributed by atoms with Gasteiger partial charge in [-0.15, -0.1) is 0 Å². The van der Waals surface area contributed by atoms with Gasteiger partial charge in [-0.3, -0.25) is 4.79 Å². The SMILES string of the molecule is CCc1cccc(CC)c1N/C=C(/C#N)C(=O)NC(c1ccccc1)c1ccccc1. The molecular formula is C27H27N3O. The van der Waals surface area contributed by atoms with Gasteiger partial charge in [-0.1, -0.05) is 92.7 Å². The van der Waals surface area contributed by atoms with Crippen LogP contribution in [0.5, 0.6) is 0 Å². The lowest BCUT2D eigenvalue weighted by Gasteiger charge is -2.20. The third-order valence-electron chi connectivity index (χ3n) is 5.27. The number of amides is 1. The fourth-order valence-electron chi connectivity index (χ4n) is 3.58. The number of hydrogen-bond acceptors (Lipinski definition) is 3. The predicted molar refractivity (Wildman–Crippen MR) is 125 cm³/mol. The van der Waals surface area contributed by atoms with E-state index in [1.54, 1.807) is 0 Å². The van der Waals surface area contributed by atoms with Crippen molar-refractivity contribution in [3.8, 4) is 6.07 Å². The molecule has 0 saturated heterocycles. The summed E-state index contributed by atoms with van der Waals surface area (Å²) in [7, 11) is 0. The van der Waals surface area contributed by atoms with E-state index in [2.05, 4.69) is 36.6 Å². The number of rotatable bonds is 8. The minimum Gasteiger partial charge on any atom is -0.360 e. The van der Waals surface area contributed by atoms with E-state index >= 15 is 0 Å². The molecule has 0 atom stereocenters. The summed E-state index contributed by atoms with van der Waals surface area (Å²) in [5.41, 5.74) is 5.22. The van der Waals surface area contributed by atoms with Crippen LogP contribution in [0.2, 0.25) is 0 Å². The van der Waals surface area contributed by atoms with Crippen LogP contribution >= 0.6 is 0 Å². The van der Waals surface area contributed by atoms with Crippen LogP contribution in [0.3, 0.4) is 0 Å². The van der Waals surface area contributed by atoms with Gasteiger partial charge in [0.2, 0.25) is 0 Å². The van der Waals surface area contributed by atoms with E-state index in [0.29, 0.717) is 0 Å². The third kappa shape index (κ3) is 5.40. The molecule has 0 aliphatic carbocycles. The Labute approximate surface area is 184 Å². The van der Waals surface area contributed by atoms with Crippen molar-refractivity contribution in [1.29, 1.82) is 5.26 Å². The highest BCUT2D eigenvalue weighted by atomic mass is 16.1. The third-order valence-corrected chi connectivity index (χ3v) is 5.27. The summed E-state index contributed by atoms with van der Waals surface area (Å²) in [5, 5.41) is 15.9. The average Bonchev–Trinajstić information content (AvgIpc) is 2.83. The first-order valence-corrected chi connectivity index (χ1v) is 10.6. The fourth-order valence-corrected chi connectivity index (χ4v) is 3.58. The first-order valence-electron chi connectivity index (χ1n) is 10.6. The molecule has 2 N–H and O–H groups in total. The van der Waals surface area contributed by atoms with Gasteiger partial charge in [0.1, 0.15) is 11.6 Å². The van der Waals surface area contributed by atoms with Crippen molar-refractivity contribution in [3.63, 3.8) is 0 Å². The second-order valence-electron chi connectivity index (χ2n) is 7.20. The molecule has 3 rings (SSSR count). The number of benzene rings is 3. The van der Waals surface area contributed by atoms with Crippen molar-refractivity contribution in [3.05, 3.63) is 113 Å². The van der Waals surface area contributed by atoms with Gasteiger partial charge in [0.05, 0.1) is 6.04 Å². The van der Waals surface area contributed by atoms with Gasteiger partial charge in [0.15, 0.2) is 0 Å². The predicted octanol–water partition coefficient (Wildman–Crippen LogP) is 5.54. The maximum absolute atomic E-state index is 13.0. The largest absolute Gasteiger partial charge is 0.360 e. The summed E-state index contributed by atoms with van der Waals surface area (Å²) in [5.74, 6) is -0.417. The van der Waals surface area contributed by atoms with Gasteiger partial charge >= 0.3 is 0 Å². The summed E-state index contributed by atoms with van der Waals surface area (Å²) in [4.78, 5) is 13.0. The molecule has 0 saturated carbocycles. The summed E-state index contributed by atoms with van der Waals surface area (Å²) >= 11 is 0. The van der Waals surface area contributed by atoms with E-state index in [1.165, 1.54) is 6.20 Å². The molecule has 0 heterocycles. The molecule has 31 heavy (non-hydrogen) atoms. The van der Waals surface area contributed by atoms with E-state index in [0.717, 1.165) is 40.8 Å². The number of nitrogens with one attached hydrogen (secondary N) is 2. The molecule has 0 aliphatic rings. The molecule has 0 spiro atoms. The van der Waals surface area contributed by atoms with Crippen LogP contribution in [0.4, 0.5) is 5.69 Å². The second-order valence-corrected chi connectivity index (χ2v) is 7.20. The van der Waals surface area contributed by atoms with E-state index in [4.69, 9.17) is 0 Å². The number of nitriles is 1. The Morgan fingerprint density at radius 2 is 1.39 bits per heavy atom. The van der Waals surface area contributed by atoms with Crippen LogP contribution in [-0.4, -0.2) is 5.91 Å². The smallest absolute Gasteiger partial charge is 0.264 e. The van der Waals surface area contributed by atoms with Crippen LogP contribution in [-0.2, 0) is 17.6 Å². The zero-order valence-electron chi connectivity index (χ0n) is 17.9. The van der Waals surface area contributed by atoms with Gasteiger partial charge in [-0.25, -0.2) is 0 Å². The van der Waals surface area contributed by atoms with Crippen molar-refractivity contribution in [2.24, 2.45) is 0 Å². The standard InChI is InChI=1S/C27H27N3O/c1-3-20-16-11-17-21(4-2)25(20)29-19-24(18-28)27(31)30-26(22-12-7-5-8-13-22)23-14-9-6-10-15-23/h5-17,19,26,29H,3-4H2,1-2H3,(H,30,31)/b24-19-. The van der Waals surface area contributed by atoms with Crippen molar-refractivity contribution < 1.29 is 4.79 Å². The molecule has 0 unspecified atom stereocenters. The summed E-state index contributed by atoms with van der Waals surface area (Å²) in [6.45, 7) is 4.18. The summed E-state index contributed by atoms with van der Waals surface area (Å²) in [6, 6.07) is 27.4. The number of para-hydroxylation sites is 1. The zero-order valence-corrected chi connectivity index (χ0v) is 17.9. The van der Waals surface area contributed by atoms with E-state index in [9.17, 15) is 10.1 Å². The monoisotopic (exact) mass is 409 g/mol. The summed E-state index contributed by atoms with van der Waals surface area (Å²) in [6.07, 6.45) is 3.24. The highest BCUT2D eigenvalue weighted by Gasteiger charge is 2.19. The Hall–Kier alpha value is -3.84. The molecule has 0 aliphatic heterocycles. The van der Waals surface area contributed by atoms with Gasteiger partial charge in [0.25, 0.3) is 5.91 Å². The normalized spacial score (nSPS) is 11.1. The number of anilines is 1. The quantitative estimate of drug-likeness (QED) is 0.379. The van der Waals surface area contributed by atoms with Gasteiger partial charge in [-0.05, 0) is 35.1 Å². The number of aryl methyl sites for hydroxylation is 2. The molecular weight excluding hydrogens is 382 g/mol. The van der Waals surface area contributed by atoms with Crippen LogP contribution in [0.15, 0.2) is 90.6 Å². The average molecular weight is 410 g/mol. The molecule has 1 amide bonds. The van der Waals surface area contributed by atoms with Crippen LogP contribution < -0.4 is 10.6 Å². The molecule has 0 aromatic heterocycles. The highest BCUT2D eigenvalue weighted by Crippen LogP contribution is 2.24. The highest BCUT2D eigenvalue weighted by molar-refractivity contribution is 5.98. The topological polar surface area (TPSA) is 64.9 Å². The maximum Gasteiger partial charge on any atom is 0.264 e. The Morgan fingerprint density at radius 1 is 0.871 bits per heavy atom. The molecule has 0 fully saturated rings. The minimum atomic E-state index is -0.417. The molecule has 3 aromatic carbocycles. The van der Waals surface area contributed by atoms with E-state index < -0.39 is 5.91 Å². The van der Waals surface area contributed by atoms with Gasteiger partial charge < -0.3 is 10.6 Å². The molecule has 0 radical (unpaired) electrons. The van der Waals surface area contributed by atoms with E-state index in [1.807, 2.05) is 72.8 Å². The van der Waals surface area contributed by atoms with Crippen molar-refractivity contribution in [1.82, 2.24) is 5.32 Å². The van der Waals surface area contributed by atoms with Crippen LogP contribution in [0.1, 0.15) is 42.1 Å². The molecule has 4 heteroatoms. The van der Waals surface area contributed by atoms with Crippen molar-refractivity contribution >= 4 is 11.6 Å². The van der Waals surface area contributed by atoms with Gasteiger partial charge in [-0.2, -0.15) is 5.26 Å². The lowest BCUT2D eigenvalue weighted by molar-refractivity contribution is -0.117. The summed E-state index contributed by atoms with van der Waals surface area (Å²) < 4.78 is 0. The first-order chi connectivity index (χ1) is 15.2. The lowest BCUT2D eigenvalue weighted by atomic mass is 9.98. The number of carbonyl (C=O) groups excluding carboxylic acids is 1. The minimum absolute atomic E-state index is 0.0322. The van der Waals surface area contributed by atoms with Crippen molar-refractivity contribution in [2.75, 3.05) is 5.32 Å². The van der Waals surface area contributed by atoms with Crippen LogP contribution in [0.25, 0.3) is 0 Å². The Kier molecular flexibility index (Phi) is 7.61. The van der Waals surface area contributed by atoms with Crippen molar-refractivity contribution in [2.45, 2.75) is 32.7 Å². The number of nitrogens with zero attached hydrogens (tertiary/aromatic N) is 1. The number of carbonyl (C=O) groups is 1. The number of hydrogen-bond donors (Lipinski definition) is 2.